The minimum Gasteiger partial charge on any atom is -0.497 e. The van der Waals surface area contributed by atoms with Crippen LogP contribution in [-0.4, -0.2) is 36.5 Å². The summed E-state index contributed by atoms with van der Waals surface area (Å²) in [6.45, 7) is 0.625. The summed E-state index contributed by atoms with van der Waals surface area (Å²) in [6.07, 6.45) is 4.28. The van der Waals surface area contributed by atoms with Crippen molar-refractivity contribution in [2.75, 3.05) is 26.4 Å². The number of methoxy groups -OCH3 is 1. The van der Waals surface area contributed by atoms with Gasteiger partial charge in [-0.1, -0.05) is 0 Å². The Bertz CT molecular complexity index is 614. The molecule has 0 saturated carbocycles. The highest BCUT2D eigenvalue weighted by Gasteiger charge is 2.13. The molecule has 0 aliphatic carbocycles. The fourth-order valence-electron chi connectivity index (χ4n) is 2.03. The number of benzene rings is 1. The number of nitrogens with two attached hydrogens (primary N) is 1. The molecule has 5 nitrogen and oxygen atoms in total. The van der Waals surface area contributed by atoms with Crippen molar-refractivity contribution >= 4 is 11.6 Å². The standard InChI is InChI=1S/C16H19N3O2/c1-19(8-5-12-3-6-18-7-4-12)16(20)13-9-14(17)11-15(10-13)21-2/h3-4,6-7,9-11H,5,8,17H2,1-2H3. The maximum absolute atomic E-state index is 12.4. The van der Waals surface area contributed by atoms with Crippen molar-refractivity contribution in [2.24, 2.45) is 0 Å². The van der Waals surface area contributed by atoms with E-state index in [2.05, 4.69) is 4.98 Å². The number of hydrogen-bond acceptors (Lipinski definition) is 4. The Hall–Kier alpha value is -2.56. The molecule has 0 radical (unpaired) electrons. The lowest BCUT2D eigenvalue weighted by Gasteiger charge is -2.18. The highest BCUT2D eigenvalue weighted by Crippen LogP contribution is 2.19. The molecule has 0 saturated heterocycles. The van der Waals surface area contributed by atoms with Gasteiger partial charge < -0.3 is 15.4 Å². The van der Waals surface area contributed by atoms with Crippen molar-refractivity contribution in [2.45, 2.75) is 6.42 Å². The number of carbonyl (C=O) groups is 1. The van der Waals surface area contributed by atoms with Gasteiger partial charge >= 0.3 is 0 Å². The largest absolute Gasteiger partial charge is 0.497 e. The van der Waals surface area contributed by atoms with Crippen molar-refractivity contribution in [3.05, 3.63) is 53.9 Å². The van der Waals surface area contributed by atoms with Crippen LogP contribution >= 0.6 is 0 Å². The number of carbonyl (C=O) groups excluding carboxylic acids is 1. The number of nitrogens with zero attached hydrogens (tertiary/aromatic N) is 2. The molecule has 0 fully saturated rings. The van der Waals surface area contributed by atoms with Gasteiger partial charge in [0.2, 0.25) is 0 Å². The van der Waals surface area contributed by atoms with Crippen molar-refractivity contribution in [3.8, 4) is 5.75 Å². The fraction of sp³-hybridized carbons (Fsp3) is 0.250. The summed E-state index contributed by atoms with van der Waals surface area (Å²) in [4.78, 5) is 18.0. The van der Waals surface area contributed by atoms with E-state index in [9.17, 15) is 4.79 Å². The molecule has 0 spiro atoms. The predicted molar refractivity (Wildman–Crippen MR) is 82.3 cm³/mol. The van der Waals surface area contributed by atoms with E-state index >= 15 is 0 Å². The van der Waals surface area contributed by atoms with Gasteiger partial charge in [0, 0.05) is 43.3 Å². The van der Waals surface area contributed by atoms with E-state index < -0.39 is 0 Å². The second-order valence-electron chi connectivity index (χ2n) is 4.83. The van der Waals surface area contributed by atoms with Gasteiger partial charge in [0.15, 0.2) is 0 Å². The zero-order chi connectivity index (χ0) is 15.2. The molecular weight excluding hydrogens is 266 g/mol. The van der Waals surface area contributed by atoms with E-state index in [0.29, 0.717) is 23.5 Å². The van der Waals surface area contributed by atoms with E-state index in [0.717, 1.165) is 12.0 Å². The van der Waals surface area contributed by atoms with Crippen molar-refractivity contribution in [1.82, 2.24) is 9.88 Å². The summed E-state index contributed by atoms with van der Waals surface area (Å²) in [5.74, 6) is 0.510. The maximum Gasteiger partial charge on any atom is 0.253 e. The molecule has 0 atom stereocenters. The smallest absolute Gasteiger partial charge is 0.253 e. The van der Waals surface area contributed by atoms with Gasteiger partial charge in [0.1, 0.15) is 5.75 Å². The van der Waals surface area contributed by atoms with Crippen LogP contribution in [0.2, 0.25) is 0 Å². The first kappa shape index (κ1) is 14.8. The minimum atomic E-state index is -0.0744. The summed E-state index contributed by atoms with van der Waals surface area (Å²) in [5.41, 5.74) is 7.97. The van der Waals surface area contributed by atoms with Crippen molar-refractivity contribution in [1.29, 1.82) is 0 Å². The summed E-state index contributed by atoms with van der Waals surface area (Å²) >= 11 is 0. The number of amides is 1. The average molecular weight is 285 g/mol. The molecule has 1 amide bonds. The molecule has 2 N–H and O–H groups in total. The highest BCUT2D eigenvalue weighted by molar-refractivity contribution is 5.95. The molecule has 1 heterocycles. The second kappa shape index (κ2) is 6.74. The summed E-state index contributed by atoms with van der Waals surface area (Å²) < 4.78 is 5.14. The Morgan fingerprint density at radius 1 is 1.29 bits per heavy atom. The third-order valence-electron chi connectivity index (χ3n) is 3.24. The molecule has 0 unspecified atom stereocenters. The number of ether oxygens (including phenoxy) is 1. The van der Waals surface area contributed by atoms with Gasteiger partial charge in [-0.3, -0.25) is 9.78 Å². The molecule has 21 heavy (non-hydrogen) atoms. The zero-order valence-electron chi connectivity index (χ0n) is 12.2. The lowest BCUT2D eigenvalue weighted by molar-refractivity contribution is 0.0796. The zero-order valence-corrected chi connectivity index (χ0v) is 12.2. The van der Waals surface area contributed by atoms with Gasteiger partial charge in [0.25, 0.3) is 5.91 Å². The van der Waals surface area contributed by atoms with Gasteiger partial charge in [0.05, 0.1) is 7.11 Å². The third kappa shape index (κ3) is 3.95. The van der Waals surface area contributed by atoms with Crippen LogP contribution in [0.1, 0.15) is 15.9 Å². The molecule has 1 aromatic carbocycles. The topological polar surface area (TPSA) is 68.5 Å². The molecule has 110 valence electrons. The van der Waals surface area contributed by atoms with E-state index in [1.54, 1.807) is 49.7 Å². The highest BCUT2D eigenvalue weighted by atomic mass is 16.5. The molecule has 2 aromatic rings. The number of hydrogen-bond donors (Lipinski definition) is 1. The van der Waals surface area contributed by atoms with Crippen LogP contribution in [0.15, 0.2) is 42.7 Å². The predicted octanol–water partition coefficient (Wildman–Crippen LogP) is 1.99. The molecule has 1 aromatic heterocycles. The third-order valence-corrected chi connectivity index (χ3v) is 3.24. The minimum absolute atomic E-state index is 0.0744. The number of anilines is 1. The maximum atomic E-state index is 12.4. The monoisotopic (exact) mass is 285 g/mol. The molecular formula is C16H19N3O2. The van der Waals surface area contributed by atoms with Crippen LogP contribution in [0, 0.1) is 0 Å². The Labute approximate surface area is 124 Å². The van der Waals surface area contributed by atoms with Crippen LogP contribution in [0.25, 0.3) is 0 Å². The van der Waals surface area contributed by atoms with Crippen LogP contribution in [0.3, 0.4) is 0 Å². The Balaban J connectivity index is 2.03. The Kier molecular flexibility index (Phi) is 4.77. The molecule has 0 aliphatic rings. The SMILES string of the molecule is COc1cc(N)cc(C(=O)N(C)CCc2ccncc2)c1. The van der Waals surface area contributed by atoms with E-state index in [4.69, 9.17) is 10.5 Å². The van der Waals surface area contributed by atoms with Gasteiger partial charge in [-0.2, -0.15) is 0 Å². The van der Waals surface area contributed by atoms with Gasteiger partial charge in [-0.05, 0) is 36.2 Å². The van der Waals surface area contributed by atoms with Gasteiger partial charge in [-0.15, -0.1) is 0 Å². The number of nitrogen functional groups attached to an aromatic ring is 1. The second-order valence-corrected chi connectivity index (χ2v) is 4.83. The first-order chi connectivity index (χ1) is 10.1. The normalized spacial score (nSPS) is 10.2. The first-order valence-electron chi connectivity index (χ1n) is 6.69. The van der Waals surface area contributed by atoms with Crippen LogP contribution < -0.4 is 10.5 Å². The number of rotatable bonds is 5. The number of aromatic nitrogens is 1. The molecule has 0 bridgehead atoms. The Morgan fingerprint density at radius 2 is 2.00 bits per heavy atom. The molecule has 0 aliphatic heterocycles. The van der Waals surface area contributed by atoms with E-state index in [1.165, 1.54) is 0 Å². The van der Waals surface area contributed by atoms with Crippen LogP contribution in [0.5, 0.6) is 5.75 Å². The molecule has 5 heteroatoms. The molecule has 2 rings (SSSR count). The van der Waals surface area contributed by atoms with Crippen molar-refractivity contribution < 1.29 is 9.53 Å². The summed E-state index contributed by atoms with van der Waals surface area (Å²) in [7, 11) is 3.33. The quantitative estimate of drug-likeness (QED) is 0.853. The van der Waals surface area contributed by atoms with Crippen LogP contribution in [-0.2, 0) is 6.42 Å². The number of pyridine rings is 1. The van der Waals surface area contributed by atoms with Crippen molar-refractivity contribution in [3.63, 3.8) is 0 Å². The average Bonchev–Trinajstić information content (AvgIpc) is 2.52. The number of likely N-dealkylation sites (N-methyl/N-ethyl adjacent to an activating group) is 1. The van der Waals surface area contributed by atoms with Gasteiger partial charge in [-0.25, -0.2) is 0 Å². The van der Waals surface area contributed by atoms with E-state index in [-0.39, 0.29) is 5.91 Å². The lowest BCUT2D eigenvalue weighted by Crippen LogP contribution is -2.28. The summed E-state index contributed by atoms with van der Waals surface area (Å²) in [5, 5.41) is 0. The van der Waals surface area contributed by atoms with E-state index in [1.807, 2.05) is 12.1 Å². The lowest BCUT2D eigenvalue weighted by atomic mass is 10.1. The summed E-state index contributed by atoms with van der Waals surface area (Å²) in [6, 6.07) is 8.94. The first-order valence-corrected chi connectivity index (χ1v) is 6.69. The fourth-order valence-corrected chi connectivity index (χ4v) is 2.03. The Morgan fingerprint density at radius 3 is 2.67 bits per heavy atom. The van der Waals surface area contributed by atoms with Crippen LogP contribution in [0.4, 0.5) is 5.69 Å².